The summed E-state index contributed by atoms with van der Waals surface area (Å²) in [6.07, 6.45) is 3.87. The molecule has 0 bridgehead atoms. The van der Waals surface area contributed by atoms with Crippen molar-refractivity contribution in [1.29, 1.82) is 0 Å². The van der Waals surface area contributed by atoms with Crippen LogP contribution in [0.15, 0.2) is 6.33 Å². The van der Waals surface area contributed by atoms with Crippen LogP contribution < -0.4 is 22.5 Å². The molecule has 0 spiro atoms. The van der Waals surface area contributed by atoms with Crippen molar-refractivity contribution in [3.63, 3.8) is 0 Å². The van der Waals surface area contributed by atoms with Crippen LogP contribution in [0.25, 0.3) is 11.2 Å². The number of piperidine rings is 1. The molecule has 4 atom stereocenters. The summed E-state index contributed by atoms with van der Waals surface area (Å²) < 4.78 is 12.5. The van der Waals surface area contributed by atoms with E-state index in [-0.39, 0.29) is 23.9 Å². The highest BCUT2D eigenvalue weighted by Crippen LogP contribution is 2.31. The van der Waals surface area contributed by atoms with Gasteiger partial charge < -0.3 is 36.9 Å². The van der Waals surface area contributed by atoms with E-state index in [4.69, 9.17) is 31.7 Å². The zero-order chi connectivity index (χ0) is 24.0. The number of ether oxygens (including phenoxy) is 2. The quantitative estimate of drug-likeness (QED) is 0.430. The Bertz CT molecular complexity index is 1080. The van der Waals surface area contributed by atoms with E-state index < -0.39 is 24.4 Å². The number of likely N-dealkylation sites (tertiary alicyclic amines) is 1. The van der Waals surface area contributed by atoms with E-state index in [0.29, 0.717) is 42.4 Å². The number of anilines is 1. The van der Waals surface area contributed by atoms with Crippen LogP contribution in [0, 0.1) is 5.92 Å². The van der Waals surface area contributed by atoms with Crippen molar-refractivity contribution in [2.75, 3.05) is 25.9 Å². The summed E-state index contributed by atoms with van der Waals surface area (Å²) in [6, 6.07) is -1.10. The van der Waals surface area contributed by atoms with Gasteiger partial charge in [-0.3, -0.25) is 9.36 Å². The second-order valence-corrected chi connectivity index (χ2v) is 9.34. The fourth-order valence-electron chi connectivity index (χ4n) is 4.69. The lowest BCUT2D eigenvalue weighted by atomic mass is 9.93. The molecule has 3 aliphatic rings. The van der Waals surface area contributed by atoms with Crippen LogP contribution in [0.4, 0.5) is 10.6 Å². The van der Waals surface area contributed by atoms with Gasteiger partial charge in [-0.15, -0.1) is 0 Å². The molecule has 0 aromatic carbocycles. The molecule has 2 saturated heterocycles. The topological polar surface area (TPSA) is 190 Å². The lowest BCUT2D eigenvalue weighted by Crippen LogP contribution is -2.50. The van der Waals surface area contributed by atoms with E-state index in [1.54, 1.807) is 15.8 Å². The van der Waals surface area contributed by atoms with Crippen LogP contribution in [0.2, 0.25) is 0 Å². The number of fused-ring (bicyclic) bond motifs is 1. The minimum Gasteiger partial charge on any atom is -0.453 e. The van der Waals surface area contributed by atoms with Gasteiger partial charge in [0.1, 0.15) is 11.3 Å². The summed E-state index contributed by atoms with van der Waals surface area (Å²) in [6.45, 7) is 1.25. The Morgan fingerprint density at radius 2 is 1.91 bits per heavy atom. The lowest BCUT2D eigenvalue weighted by Gasteiger charge is -2.30. The van der Waals surface area contributed by atoms with Gasteiger partial charge in [0.2, 0.25) is 0 Å². The molecule has 2 aromatic rings. The van der Waals surface area contributed by atoms with Crippen molar-refractivity contribution in [3.8, 4) is 0 Å². The van der Waals surface area contributed by atoms with Crippen LogP contribution in [0.1, 0.15) is 37.7 Å². The van der Waals surface area contributed by atoms with E-state index in [9.17, 15) is 9.59 Å². The Kier molecular flexibility index (Phi) is 6.00. The average molecular weight is 474 g/mol. The highest BCUT2D eigenvalue weighted by Gasteiger charge is 2.46. The van der Waals surface area contributed by atoms with Crippen molar-refractivity contribution >= 4 is 29.0 Å². The third kappa shape index (κ3) is 4.26. The lowest BCUT2D eigenvalue weighted by molar-refractivity contribution is -0.134. The number of carbonyl (C=O) groups excluding carboxylic acids is 2. The number of rotatable bonds is 5. The minimum atomic E-state index is -0.850. The fourth-order valence-corrected chi connectivity index (χ4v) is 4.69. The van der Waals surface area contributed by atoms with E-state index >= 15 is 0 Å². The Hall–Kier alpha value is -3.03. The first-order chi connectivity index (χ1) is 16.4. The van der Waals surface area contributed by atoms with Crippen LogP contribution in [-0.2, 0) is 20.7 Å². The Morgan fingerprint density at radius 3 is 2.59 bits per heavy atom. The molecule has 1 saturated carbocycles. The zero-order valence-electron chi connectivity index (χ0n) is 19.1. The molecule has 34 heavy (non-hydrogen) atoms. The summed E-state index contributed by atoms with van der Waals surface area (Å²) in [5.41, 5.74) is 19.7. The first-order valence-electron chi connectivity index (χ1n) is 11.6. The van der Waals surface area contributed by atoms with Gasteiger partial charge in [-0.2, -0.15) is 0 Å². The van der Waals surface area contributed by atoms with Gasteiger partial charge in [0.25, 0.3) is 5.91 Å². The predicted molar refractivity (Wildman–Crippen MR) is 121 cm³/mol. The molecule has 7 N–H and O–H groups in total. The molecule has 13 nitrogen and oxygen atoms in total. The molecule has 4 heterocycles. The van der Waals surface area contributed by atoms with Gasteiger partial charge in [-0.1, -0.05) is 0 Å². The first-order valence-corrected chi connectivity index (χ1v) is 11.6. The Morgan fingerprint density at radius 1 is 1.18 bits per heavy atom. The average Bonchev–Trinajstić information content (AvgIpc) is 3.46. The number of hydrogen-bond donors (Lipinski definition) is 4. The largest absolute Gasteiger partial charge is 0.453 e. The summed E-state index contributed by atoms with van der Waals surface area (Å²) in [5, 5.41) is 2.92. The maximum absolute atomic E-state index is 12.6. The van der Waals surface area contributed by atoms with Crippen molar-refractivity contribution < 1.29 is 19.1 Å². The SMILES string of the molecule is COC(=O)N1CCC(Cc2nc(N)c3ncn([C@@H]4O[C@H](C(=O)NC5CC5)C(N)C4N)c3n2)CC1. The number of methoxy groups -OCH3 is 1. The monoisotopic (exact) mass is 473 g/mol. The second kappa shape index (κ2) is 8.96. The third-order valence-electron chi connectivity index (χ3n) is 6.88. The van der Waals surface area contributed by atoms with Crippen molar-refractivity contribution in [2.45, 2.75) is 62.6 Å². The molecule has 1 aliphatic carbocycles. The normalized spacial score (nSPS) is 27.8. The number of carbonyl (C=O) groups is 2. The highest BCUT2D eigenvalue weighted by molar-refractivity contribution is 5.83. The standard InChI is InChI=1S/C21H31N9O4/c1-33-21(32)29-6-4-10(5-7-29)8-12-27-17(24)15-18(28-12)30(9-25-15)20-14(23)13(22)16(34-20)19(31)26-11-2-3-11/h9-11,13-14,16,20H,2-8,22-23H2,1H3,(H,26,31)(H2,24,27,28)/t13?,14?,16-,20+/m0/s1. The minimum absolute atomic E-state index is 0.197. The molecule has 184 valence electrons. The van der Waals surface area contributed by atoms with Crippen molar-refractivity contribution in [2.24, 2.45) is 17.4 Å². The molecule has 13 heteroatoms. The molecule has 2 aliphatic heterocycles. The van der Waals surface area contributed by atoms with Crippen LogP contribution in [-0.4, -0.2) is 80.8 Å². The number of aromatic nitrogens is 4. The zero-order valence-corrected chi connectivity index (χ0v) is 19.1. The fraction of sp³-hybridized carbons (Fsp3) is 0.667. The van der Waals surface area contributed by atoms with E-state index in [1.165, 1.54) is 7.11 Å². The van der Waals surface area contributed by atoms with Gasteiger partial charge in [0.05, 0.1) is 25.5 Å². The summed E-state index contributed by atoms with van der Waals surface area (Å²) >= 11 is 0. The smallest absolute Gasteiger partial charge is 0.409 e. The molecular weight excluding hydrogens is 442 g/mol. The van der Waals surface area contributed by atoms with Crippen LogP contribution in [0.5, 0.6) is 0 Å². The van der Waals surface area contributed by atoms with Crippen LogP contribution >= 0.6 is 0 Å². The molecule has 5 rings (SSSR count). The number of nitrogens with one attached hydrogen (secondary N) is 1. The summed E-state index contributed by atoms with van der Waals surface area (Å²) in [7, 11) is 1.39. The summed E-state index contributed by atoms with van der Waals surface area (Å²) in [4.78, 5) is 39.5. The van der Waals surface area contributed by atoms with Gasteiger partial charge in [0, 0.05) is 25.6 Å². The number of imidazole rings is 1. The Balaban J connectivity index is 1.33. The van der Waals surface area contributed by atoms with Gasteiger partial charge in [0.15, 0.2) is 23.8 Å². The van der Waals surface area contributed by atoms with Crippen molar-refractivity contribution in [1.82, 2.24) is 29.7 Å². The molecule has 3 fully saturated rings. The number of amides is 2. The number of nitrogens with zero attached hydrogens (tertiary/aromatic N) is 5. The second-order valence-electron chi connectivity index (χ2n) is 9.34. The van der Waals surface area contributed by atoms with E-state index in [0.717, 1.165) is 25.7 Å². The maximum atomic E-state index is 12.6. The number of nitrogen functional groups attached to an aromatic ring is 1. The molecule has 2 amide bonds. The van der Waals surface area contributed by atoms with Crippen LogP contribution in [0.3, 0.4) is 0 Å². The van der Waals surface area contributed by atoms with Gasteiger partial charge >= 0.3 is 6.09 Å². The Labute approximate surface area is 196 Å². The molecule has 2 unspecified atom stereocenters. The van der Waals surface area contributed by atoms with Gasteiger partial charge in [-0.25, -0.2) is 19.7 Å². The first kappa shape index (κ1) is 22.7. The summed E-state index contributed by atoms with van der Waals surface area (Å²) in [5.74, 6) is 0.917. The number of nitrogens with two attached hydrogens (primary N) is 3. The van der Waals surface area contributed by atoms with E-state index in [1.807, 2.05) is 0 Å². The highest BCUT2D eigenvalue weighted by atomic mass is 16.5. The van der Waals surface area contributed by atoms with Crippen molar-refractivity contribution in [3.05, 3.63) is 12.2 Å². The molecule has 2 aromatic heterocycles. The van der Waals surface area contributed by atoms with E-state index in [2.05, 4.69) is 15.3 Å². The third-order valence-corrected chi connectivity index (χ3v) is 6.88. The maximum Gasteiger partial charge on any atom is 0.409 e. The number of hydrogen-bond acceptors (Lipinski definition) is 10. The van der Waals surface area contributed by atoms with Gasteiger partial charge in [-0.05, 0) is 31.6 Å². The molecule has 0 radical (unpaired) electrons. The molecular formula is C21H31N9O4. The predicted octanol–water partition coefficient (Wildman–Crippen LogP) is -0.740.